The lowest BCUT2D eigenvalue weighted by atomic mass is 10.2. The van der Waals surface area contributed by atoms with Crippen LogP contribution in [0.25, 0.3) is 0 Å². The van der Waals surface area contributed by atoms with Gasteiger partial charge in [-0.2, -0.15) is 0 Å². The van der Waals surface area contributed by atoms with E-state index >= 15 is 0 Å². The van der Waals surface area contributed by atoms with Crippen molar-refractivity contribution in [3.63, 3.8) is 0 Å². The van der Waals surface area contributed by atoms with Crippen LogP contribution in [0.4, 0.5) is 0 Å². The van der Waals surface area contributed by atoms with Gasteiger partial charge in [-0.15, -0.1) is 0 Å². The van der Waals surface area contributed by atoms with Crippen LogP contribution in [0.3, 0.4) is 0 Å². The summed E-state index contributed by atoms with van der Waals surface area (Å²) in [4.78, 5) is 11.7. The van der Waals surface area contributed by atoms with Gasteiger partial charge in [0, 0.05) is 11.7 Å². The van der Waals surface area contributed by atoms with Gasteiger partial charge in [-0.3, -0.25) is 0 Å². The summed E-state index contributed by atoms with van der Waals surface area (Å²) in [6.45, 7) is 1.39. The number of hydrogen-bond acceptors (Lipinski definition) is 4. The van der Waals surface area contributed by atoms with E-state index in [9.17, 15) is 4.79 Å². The average Bonchev–Trinajstić information content (AvgIpc) is 2.17. The fourth-order valence-electron chi connectivity index (χ4n) is 1.05. The minimum Gasteiger partial charge on any atom is -0.409 e. The third kappa shape index (κ3) is 4.22. The van der Waals surface area contributed by atoms with Crippen molar-refractivity contribution < 1.29 is 13.8 Å². The molecule has 1 aromatic carbocycles. The fraction of sp³-hybridized carbons (Fsp3) is 0.300. The van der Waals surface area contributed by atoms with Gasteiger partial charge < -0.3 is 9.05 Å². The lowest BCUT2D eigenvalue weighted by Gasteiger charge is -2.16. The molecule has 0 unspecified atom stereocenters. The molecule has 0 spiro atoms. The predicted octanol–water partition coefficient (Wildman–Crippen LogP) is 3.47. The van der Waals surface area contributed by atoms with Crippen LogP contribution in [-0.2, 0) is 20.9 Å². The van der Waals surface area contributed by atoms with Gasteiger partial charge in [0.2, 0.25) is 6.49 Å². The van der Waals surface area contributed by atoms with Crippen LogP contribution in [0.1, 0.15) is 17.3 Å². The van der Waals surface area contributed by atoms with Crippen LogP contribution in [0.2, 0.25) is 5.02 Å². The Morgan fingerprint density at radius 3 is 2.50 bits per heavy atom. The number of rotatable bonds is 4. The summed E-state index contributed by atoms with van der Waals surface area (Å²) in [6.07, 6.45) is 0. The van der Waals surface area contributed by atoms with Gasteiger partial charge >= 0.3 is 5.97 Å². The van der Waals surface area contributed by atoms with E-state index in [0.717, 1.165) is 0 Å². The van der Waals surface area contributed by atoms with Crippen molar-refractivity contribution in [2.45, 2.75) is 6.92 Å². The van der Waals surface area contributed by atoms with Crippen molar-refractivity contribution >= 4 is 35.9 Å². The Morgan fingerprint density at radius 2 is 2.00 bits per heavy atom. The quantitative estimate of drug-likeness (QED) is 0.790. The Balaban J connectivity index is 2.73. The molecular formula is C10H12ClO3PS. The van der Waals surface area contributed by atoms with E-state index in [4.69, 9.17) is 32.5 Å². The van der Waals surface area contributed by atoms with Gasteiger partial charge in [-0.1, -0.05) is 11.6 Å². The summed E-state index contributed by atoms with van der Waals surface area (Å²) in [6, 6.07) is 6.42. The second kappa shape index (κ2) is 5.78. The van der Waals surface area contributed by atoms with Gasteiger partial charge in [0.15, 0.2) is 0 Å². The number of carbonyl (C=O) groups excluding carboxylic acids is 1. The minimum atomic E-state index is -2.48. The first-order valence-electron chi connectivity index (χ1n) is 4.66. The molecule has 0 N–H and O–H groups in total. The maximum atomic E-state index is 11.7. The first-order valence-corrected chi connectivity index (χ1v) is 8.12. The summed E-state index contributed by atoms with van der Waals surface area (Å²) in [5.41, 5.74) is 0.417. The molecule has 0 radical (unpaired) electrons. The normalized spacial score (nSPS) is 14.2. The number of halogens is 1. The van der Waals surface area contributed by atoms with E-state index in [0.29, 0.717) is 17.2 Å². The summed E-state index contributed by atoms with van der Waals surface area (Å²) in [5.74, 6) is -0.476. The van der Waals surface area contributed by atoms with E-state index in [1.54, 1.807) is 37.9 Å². The first kappa shape index (κ1) is 13.7. The van der Waals surface area contributed by atoms with Crippen molar-refractivity contribution in [3.8, 4) is 0 Å². The molecule has 88 valence electrons. The second-order valence-electron chi connectivity index (χ2n) is 3.07. The first-order chi connectivity index (χ1) is 7.44. The molecule has 3 nitrogen and oxygen atoms in total. The zero-order chi connectivity index (χ0) is 12.2. The number of benzene rings is 1. The van der Waals surface area contributed by atoms with Gasteiger partial charge in [-0.05, 0) is 43.0 Å². The van der Waals surface area contributed by atoms with Crippen molar-refractivity contribution in [2.24, 2.45) is 0 Å². The minimum absolute atomic E-state index is 0.417. The summed E-state index contributed by atoms with van der Waals surface area (Å²) in [7, 11) is 0. The highest BCUT2D eigenvalue weighted by Crippen LogP contribution is 2.44. The van der Waals surface area contributed by atoms with Gasteiger partial charge in [-0.25, -0.2) is 4.79 Å². The highest BCUT2D eigenvalue weighted by Gasteiger charge is 2.17. The van der Waals surface area contributed by atoms with Crippen LogP contribution < -0.4 is 0 Å². The maximum absolute atomic E-state index is 11.7. The van der Waals surface area contributed by atoms with E-state index in [2.05, 4.69) is 0 Å². The topological polar surface area (TPSA) is 35.5 Å². The molecule has 0 heterocycles. The van der Waals surface area contributed by atoms with Crippen molar-refractivity contribution in [1.29, 1.82) is 0 Å². The van der Waals surface area contributed by atoms with E-state index < -0.39 is 12.5 Å². The number of carbonyl (C=O) groups is 1. The second-order valence-corrected chi connectivity index (χ2v) is 7.48. The largest absolute Gasteiger partial charge is 0.409 e. The maximum Gasteiger partial charge on any atom is 0.343 e. The van der Waals surface area contributed by atoms with Gasteiger partial charge in [0.05, 0.1) is 12.2 Å². The average molecular weight is 279 g/mol. The molecule has 0 amide bonds. The third-order valence-corrected chi connectivity index (χ3v) is 3.71. The summed E-state index contributed by atoms with van der Waals surface area (Å²) >= 11 is 10.8. The molecule has 0 bridgehead atoms. The molecule has 1 aromatic rings. The van der Waals surface area contributed by atoms with Crippen LogP contribution >= 0.6 is 18.1 Å². The molecule has 0 aliphatic rings. The predicted molar refractivity (Wildman–Crippen MR) is 68.7 cm³/mol. The molecule has 1 rings (SSSR count). The standard InChI is InChI=1S/C10H12ClO3PS/c1-3-13-15(2,16)14-10(12)8-4-6-9(11)7-5-8/h4-7H,3H2,1-2H3/t15-/m0/s1. The molecule has 0 aliphatic heterocycles. The molecular weight excluding hydrogens is 267 g/mol. The molecule has 0 saturated carbocycles. The fourth-order valence-corrected chi connectivity index (χ4v) is 2.62. The van der Waals surface area contributed by atoms with Crippen LogP contribution in [-0.4, -0.2) is 19.2 Å². The lowest BCUT2D eigenvalue weighted by molar-refractivity contribution is 0.0729. The summed E-state index contributed by atoms with van der Waals surface area (Å²) in [5, 5.41) is 0.567. The van der Waals surface area contributed by atoms with Crippen LogP contribution in [0.5, 0.6) is 0 Å². The Kier molecular flexibility index (Phi) is 4.93. The summed E-state index contributed by atoms with van der Waals surface area (Å²) < 4.78 is 10.3. The van der Waals surface area contributed by atoms with Gasteiger partial charge in [0.1, 0.15) is 0 Å². The zero-order valence-electron chi connectivity index (χ0n) is 8.97. The van der Waals surface area contributed by atoms with E-state index in [-0.39, 0.29) is 0 Å². The van der Waals surface area contributed by atoms with Crippen molar-refractivity contribution in [2.75, 3.05) is 13.3 Å². The Hall–Kier alpha value is -0.410. The molecule has 0 aromatic heterocycles. The molecule has 0 aliphatic carbocycles. The van der Waals surface area contributed by atoms with Crippen molar-refractivity contribution in [1.82, 2.24) is 0 Å². The number of hydrogen-bond donors (Lipinski definition) is 0. The van der Waals surface area contributed by atoms with Gasteiger partial charge in [0.25, 0.3) is 0 Å². The zero-order valence-corrected chi connectivity index (χ0v) is 11.4. The van der Waals surface area contributed by atoms with Crippen LogP contribution in [0.15, 0.2) is 24.3 Å². The lowest BCUT2D eigenvalue weighted by Crippen LogP contribution is -2.04. The Bertz CT molecular complexity index is 419. The van der Waals surface area contributed by atoms with Crippen LogP contribution in [0, 0.1) is 0 Å². The molecule has 0 saturated heterocycles. The molecule has 0 fully saturated rings. The van der Waals surface area contributed by atoms with E-state index in [1.165, 1.54) is 0 Å². The molecule has 16 heavy (non-hydrogen) atoms. The Morgan fingerprint density at radius 1 is 1.44 bits per heavy atom. The smallest absolute Gasteiger partial charge is 0.343 e. The monoisotopic (exact) mass is 278 g/mol. The SMILES string of the molecule is CCO[P@](C)(=S)OC(=O)c1ccc(Cl)cc1. The molecule has 6 heteroatoms. The Labute approximate surface area is 105 Å². The highest BCUT2D eigenvalue weighted by atomic mass is 35.5. The van der Waals surface area contributed by atoms with E-state index in [1.807, 2.05) is 0 Å². The molecule has 1 atom stereocenters. The van der Waals surface area contributed by atoms with Crippen molar-refractivity contribution in [3.05, 3.63) is 34.9 Å². The third-order valence-electron chi connectivity index (χ3n) is 1.69. The highest BCUT2D eigenvalue weighted by molar-refractivity contribution is 8.09.